The third-order valence-electron chi connectivity index (χ3n) is 10.1. The van der Waals surface area contributed by atoms with Crippen LogP contribution >= 0.6 is 11.6 Å². The number of epoxide rings is 1. The molecule has 0 aliphatic carbocycles. The molecule has 0 radical (unpaired) electrons. The quantitative estimate of drug-likeness (QED) is 0.170. The third kappa shape index (κ3) is 9.06. The van der Waals surface area contributed by atoms with Crippen molar-refractivity contribution < 1.29 is 61.6 Å². The molecule has 2 fully saturated rings. The smallest absolute Gasteiger partial charge is 0.416 e. The minimum absolute atomic E-state index is 0.109. The summed E-state index contributed by atoms with van der Waals surface area (Å²) >= 11 is 6.68. The van der Waals surface area contributed by atoms with E-state index >= 15 is 0 Å². The second-order valence-corrected chi connectivity index (χ2v) is 14.3. The summed E-state index contributed by atoms with van der Waals surface area (Å²) in [6.45, 7) is 5.13. The van der Waals surface area contributed by atoms with Crippen LogP contribution in [0.3, 0.4) is 0 Å². The monoisotopic (exact) mass is 798 g/mol. The van der Waals surface area contributed by atoms with E-state index in [0.717, 1.165) is 11.6 Å². The molecule has 3 aliphatic rings. The summed E-state index contributed by atoms with van der Waals surface area (Å²) < 4.78 is 68.7. The van der Waals surface area contributed by atoms with Crippen molar-refractivity contribution in [3.05, 3.63) is 80.4 Å². The average Bonchev–Trinajstić information content (AvgIpc) is 3.80. The topological polar surface area (TPSA) is 194 Å². The number of methoxy groups -OCH3 is 2. The van der Waals surface area contributed by atoms with Gasteiger partial charge in [0.15, 0.2) is 5.72 Å². The molecule has 4 bridgehead atoms. The second kappa shape index (κ2) is 16.0. The first-order chi connectivity index (χ1) is 25.7. The normalized spacial score (nSPS) is 31.7. The van der Waals surface area contributed by atoms with Gasteiger partial charge in [-0.3, -0.25) is 20.2 Å². The van der Waals surface area contributed by atoms with Gasteiger partial charge in [-0.15, -0.1) is 0 Å². The van der Waals surface area contributed by atoms with Crippen LogP contribution in [0.2, 0.25) is 5.02 Å². The molecule has 1 unspecified atom stereocenters. The molecule has 3 aliphatic heterocycles. The van der Waals surface area contributed by atoms with Gasteiger partial charge >= 0.3 is 12.3 Å². The zero-order valence-corrected chi connectivity index (χ0v) is 31.4. The number of nitrogens with one attached hydrogen (secondary N) is 2. The fraction of sp³-hybridized carbons (Fsp3) is 0.500. The highest BCUT2D eigenvalue weighted by molar-refractivity contribution is 6.35. The second-order valence-electron chi connectivity index (χ2n) is 13.9. The van der Waals surface area contributed by atoms with Crippen molar-refractivity contribution in [2.75, 3.05) is 31.5 Å². The highest BCUT2D eigenvalue weighted by Gasteiger charge is 2.64. The first-order valence-electron chi connectivity index (χ1n) is 17.0. The van der Waals surface area contributed by atoms with Gasteiger partial charge in [0, 0.05) is 32.6 Å². The van der Waals surface area contributed by atoms with E-state index in [9.17, 15) is 43.1 Å². The van der Waals surface area contributed by atoms with Crippen LogP contribution < -0.4 is 20.3 Å². The molecule has 2 aromatic rings. The molecule has 15 nitrogen and oxygen atoms in total. The lowest BCUT2D eigenvalue weighted by atomic mass is 9.83. The number of aliphatic hydroxyl groups is 2. The number of anilines is 2. The summed E-state index contributed by atoms with van der Waals surface area (Å²) in [5.41, 5.74) is -4.36. The zero-order chi connectivity index (χ0) is 40.6. The van der Waals surface area contributed by atoms with Crippen LogP contribution in [-0.4, -0.2) is 90.6 Å². The Morgan fingerprint density at radius 3 is 2.58 bits per heavy atom. The molecular formula is C36H42ClF3N4O11. The van der Waals surface area contributed by atoms with E-state index in [4.69, 9.17) is 35.3 Å². The molecule has 5 rings (SSSR count). The number of nitro groups is 1. The number of ether oxygens (including phenoxy) is 5. The standard InChI is InChI=1S/C36H42ClF3N4O11/c1-18-8-7-9-27(52-6)35(48)17-26(53-33(47)42-35)19(2)31-34(3,55-31)28(16-29(45)43(4)24-13-20(12-18)14-25(51-5)30(24)37)54-32(46)41-22-11-10-21(36(38,39)40)15-23(22)44(49)50/h7-11,13-15,19,26-28,31,33,42,47-48H,12,16-17H2,1-6H3,(H,41,46)/b9-7+,18-8+/t19-,26+,27-,28+,31+,33?,34+,35+/m1/s1. The Bertz CT molecular complexity index is 1880. The lowest BCUT2D eigenvalue weighted by Crippen LogP contribution is -2.65. The number of alkyl halides is 3. The molecule has 2 saturated heterocycles. The maximum absolute atomic E-state index is 14.0. The van der Waals surface area contributed by atoms with Crippen LogP contribution in [0.15, 0.2) is 54.1 Å². The van der Waals surface area contributed by atoms with Crippen LogP contribution in [0.1, 0.15) is 44.7 Å². The summed E-state index contributed by atoms with van der Waals surface area (Å²) in [7, 11) is 4.26. The minimum Gasteiger partial charge on any atom is -0.495 e. The Kier molecular flexibility index (Phi) is 12.2. The molecule has 19 heteroatoms. The number of hydrogen-bond acceptors (Lipinski definition) is 12. The number of rotatable bonds is 5. The van der Waals surface area contributed by atoms with E-state index in [0.29, 0.717) is 18.1 Å². The molecule has 300 valence electrons. The molecule has 8 atom stereocenters. The van der Waals surface area contributed by atoms with E-state index in [1.165, 1.54) is 26.2 Å². The number of halogens is 4. The van der Waals surface area contributed by atoms with E-state index < -0.39 is 94.5 Å². The summed E-state index contributed by atoms with van der Waals surface area (Å²) in [4.78, 5) is 39.3. The van der Waals surface area contributed by atoms with Crippen molar-refractivity contribution in [3.63, 3.8) is 0 Å². The Balaban J connectivity index is 1.54. The minimum atomic E-state index is -4.89. The summed E-state index contributed by atoms with van der Waals surface area (Å²) in [5.74, 6) is -0.966. The van der Waals surface area contributed by atoms with Crippen LogP contribution in [0.5, 0.6) is 5.75 Å². The van der Waals surface area contributed by atoms with Crippen LogP contribution in [-0.2, 0) is 36.3 Å². The van der Waals surface area contributed by atoms with Crippen molar-refractivity contribution in [2.45, 2.75) is 88.4 Å². The molecule has 55 heavy (non-hydrogen) atoms. The molecule has 0 spiro atoms. The van der Waals surface area contributed by atoms with Gasteiger partial charge in [0.2, 0.25) is 12.3 Å². The number of benzene rings is 2. The van der Waals surface area contributed by atoms with E-state index in [1.807, 2.05) is 13.0 Å². The first-order valence-corrected chi connectivity index (χ1v) is 17.4. The summed E-state index contributed by atoms with van der Waals surface area (Å²) in [5, 5.41) is 38.9. The Labute approximate surface area is 319 Å². The van der Waals surface area contributed by atoms with Gasteiger partial charge in [-0.25, -0.2) is 10.1 Å². The number of allylic oxidation sites excluding steroid dienone is 3. The molecule has 2 aromatic carbocycles. The number of carbonyl (C=O) groups excluding carboxylic acids is 2. The van der Waals surface area contributed by atoms with Gasteiger partial charge in [-0.05, 0) is 50.1 Å². The number of aliphatic hydroxyl groups excluding tert-OH is 1. The van der Waals surface area contributed by atoms with Crippen molar-refractivity contribution in [3.8, 4) is 5.75 Å². The number of fused-ring (bicyclic) bond motifs is 5. The van der Waals surface area contributed by atoms with Gasteiger partial charge in [-0.1, -0.05) is 42.3 Å². The van der Waals surface area contributed by atoms with Crippen LogP contribution in [0, 0.1) is 16.0 Å². The largest absolute Gasteiger partial charge is 0.495 e. The van der Waals surface area contributed by atoms with E-state index in [-0.39, 0.29) is 28.9 Å². The summed E-state index contributed by atoms with van der Waals surface area (Å²) in [6.07, 6.45) is -7.07. The average molecular weight is 799 g/mol. The highest BCUT2D eigenvalue weighted by atomic mass is 35.5. The van der Waals surface area contributed by atoms with Crippen LogP contribution in [0.25, 0.3) is 0 Å². The zero-order valence-electron chi connectivity index (χ0n) is 30.7. The molecule has 4 N–H and O–H groups in total. The maximum Gasteiger partial charge on any atom is 0.416 e. The fourth-order valence-corrected chi connectivity index (χ4v) is 7.26. The van der Waals surface area contributed by atoms with Gasteiger partial charge in [0.25, 0.3) is 5.69 Å². The Hall–Kier alpha value is -4.30. The van der Waals surface area contributed by atoms with Crippen molar-refractivity contribution in [1.82, 2.24) is 5.32 Å². The summed E-state index contributed by atoms with van der Waals surface area (Å²) in [6, 6.07) is 4.96. The SMILES string of the molecule is COc1cc2cc(c1Cl)N(C)C(=O)C[C@H](OC(=O)Nc1ccc(C(F)(F)F)cc1[N+](=O)[O-])[C@]1(C)O[C@H]1[C@H](C)[C@@H]1C[C@@](O)(NC(O)O1)[C@H](OC)/C=C/C=C(\C)C2. The molecule has 0 aromatic heterocycles. The highest BCUT2D eigenvalue weighted by Crippen LogP contribution is 2.49. The molecule has 0 saturated carbocycles. The van der Waals surface area contributed by atoms with E-state index in [2.05, 4.69) is 10.6 Å². The van der Waals surface area contributed by atoms with Gasteiger partial charge < -0.3 is 38.8 Å². The lowest BCUT2D eigenvalue weighted by molar-refractivity contribution is -0.384. The molecule has 3 heterocycles. The predicted octanol–water partition coefficient (Wildman–Crippen LogP) is 5.46. The van der Waals surface area contributed by atoms with E-state index in [1.54, 1.807) is 38.1 Å². The third-order valence-corrected chi connectivity index (χ3v) is 10.4. The number of nitro benzene ring substituents is 1. The fourth-order valence-electron chi connectivity index (χ4n) is 6.95. The Morgan fingerprint density at radius 2 is 1.95 bits per heavy atom. The maximum atomic E-state index is 14.0. The van der Waals surface area contributed by atoms with Crippen LogP contribution in [0.4, 0.5) is 35.0 Å². The number of nitrogens with zero attached hydrogens (tertiary/aromatic N) is 2. The van der Waals surface area contributed by atoms with Gasteiger partial charge in [0.1, 0.15) is 34.3 Å². The van der Waals surface area contributed by atoms with Gasteiger partial charge in [0.05, 0.1) is 41.9 Å². The Morgan fingerprint density at radius 1 is 1.24 bits per heavy atom. The van der Waals surface area contributed by atoms with Crippen molar-refractivity contribution in [1.29, 1.82) is 0 Å². The molecule has 2 amide bonds. The number of hydrogen-bond donors (Lipinski definition) is 4. The first kappa shape index (κ1) is 41.9. The van der Waals surface area contributed by atoms with Crippen molar-refractivity contribution in [2.24, 2.45) is 5.92 Å². The lowest BCUT2D eigenvalue weighted by Gasteiger charge is -2.44. The molecular weight excluding hydrogens is 757 g/mol. The number of amides is 2. The van der Waals surface area contributed by atoms with Crippen molar-refractivity contribution >= 4 is 40.7 Å². The van der Waals surface area contributed by atoms with Gasteiger partial charge in [-0.2, -0.15) is 13.2 Å². The predicted molar refractivity (Wildman–Crippen MR) is 191 cm³/mol. The number of carbonyl (C=O) groups is 2.